The molecule has 3 N–H and O–H groups in total. The van der Waals surface area contributed by atoms with Crippen molar-refractivity contribution in [1.29, 1.82) is 0 Å². The summed E-state index contributed by atoms with van der Waals surface area (Å²) in [6.45, 7) is 1.97. The Balaban J connectivity index is 2.53. The van der Waals surface area contributed by atoms with E-state index in [1.165, 1.54) is 6.07 Å². The highest BCUT2D eigenvalue weighted by Gasteiger charge is 2.25. The lowest BCUT2D eigenvalue weighted by Gasteiger charge is -2.27. The van der Waals surface area contributed by atoms with Gasteiger partial charge in [-0.15, -0.1) is 0 Å². The van der Waals surface area contributed by atoms with Crippen LogP contribution in [0.25, 0.3) is 0 Å². The molecule has 14 heavy (non-hydrogen) atoms. The van der Waals surface area contributed by atoms with Crippen LogP contribution in [0.4, 0.5) is 0 Å². The number of rotatable bonds is 0. The van der Waals surface area contributed by atoms with Gasteiger partial charge in [-0.25, -0.2) is 0 Å². The Morgan fingerprint density at radius 3 is 2.71 bits per heavy atom. The second-order valence-corrected chi connectivity index (χ2v) is 4.03. The fraction of sp³-hybridized carbons (Fsp3) is 0.455. The maximum atomic E-state index is 9.65. The Hall–Kier alpha value is -1.22. The molecule has 76 valence electrons. The highest BCUT2D eigenvalue weighted by Crippen LogP contribution is 2.39. The molecule has 0 heterocycles. The predicted octanol–water partition coefficient (Wildman–Crippen LogP) is 1.51. The molecular weight excluding hydrogens is 180 g/mol. The summed E-state index contributed by atoms with van der Waals surface area (Å²) in [6.07, 6.45) is 0.825. The fourth-order valence-electron chi connectivity index (χ4n) is 2.28. The number of hydrogen-bond donors (Lipinski definition) is 3. The van der Waals surface area contributed by atoms with Crippen molar-refractivity contribution in [2.75, 3.05) is 0 Å². The third-order valence-corrected chi connectivity index (χ3v) is 2.80. The monoisotopic (exact) mass is 194 g/mol. The zero-order valence-electron chi connectivity index (χ0n) is 8.07. The van der Waals surface area contributed by atoms with Gasteiger partial charge in [0.15, 0.2) is 0 Å². The van der Waals surface area contributed by atoms with E-state index in [1.807, 2.05) is 6.92 Å². The number of hydrogen-bond acceptors (Lipinski definition) is 3. The number of fused-ring (bicyclic) bond motifs is 1. The molecule has 0 aliphatic heterocycles. The van der Waals surface area contributed by atoms with Crippen LogP contribution in [-0.2, 0) is 6.42 Å². The highest BCUT2D eigenvalue weighted by molar-refractivity contribution is 5.48. The first kappa shape index (κ1) is 9.34. The topological polar surface area (TPSA) is 60.7 Å². The summed E-state index contributed by atoms with van der Waals surface area (Å²) in [7, 11) is 0. The fourth-order valence-corrected chi connectivity index (χ4v) is 2.28. The molecule has 3 heteroatoms. The van der Waals surface area contributed by atoms with Crippen LogP contribution < -0.4 is 0 Å². The van der Waals surface area contributed by atoms with Crippen LogP contribution in [0.2, 0.25) is 0 Å². The van der Waals surface area contributed by atoms with E-state index < -0.39 is 0 Å². The van der Waals surface area contributed by atoms with Crippen molar-refractivity contribution in [2.24, 2.45) is 0 Å². The third-order valence-electron chi connectivity index (χ3n) is 2.80. The standard InChI is InChI=1S/C11H14O3/c1-6-2-8(12)3-7-4-9(13)5-10(14)11(6)7/h4-6,8,12-14H,2-3H2,1H3/t6-,8+/m0/s1. The average molecular weight is 194 g/mol. The lowest BCUT2D eigenvalue weighted by molar-refractivity contribution is 0.148. The normalized spacial score (nSPS) is 25.9. The first-order valence-electron chi connectivity index (χ1n) is 4.80. The van der Waals surface area contributed by atoms with Crippen LogP contribution in [-0.4, -0.2) is 21.4 Å². The van der Waals surface area contributed by atoms with E-state index >= 15 is 0 Å². The van der Waals surface area contributed by atoms with Crippen molar-refractivity contribution >= 4 is 0 Å². The Bertz CT molecular complexity index is 360. The van der Waals surface area contributed by atoms with E-state index in [0.29, 0.717) is 12.8 Å². The van der Waals surface area contributed by atoms with E-state index in [4.69, 9.17) is 0 Å². The summed E-state index contributed by atoms with van der Waals surface area (Å²) in [5.74, 6) is 0.344. The van der Waals surface area contributed by atoms with Gasteiger partial charge in [-0.3, -0.25) is 0 Å². The molecule has 0 saturated carbocycles. The summed E-state index contributed by atoms with van der Waals surface area (Å²) in [4.78, 5) is 0. The third kappa shape index (κ3) is 1.44. The Kier molecular flexibility index (Phi) is 2.11. The van der Waals surface area contributed by atoms with Crippen molar-refractivity contribution in [3.8, 4) is 11.5 Å². The van der Waals surface area contributed by atoms with Gasteiger partial charge < -0.3 is 15.3 Å². The van der Waals surface area contributed by atoms with Gasteiger partial charge >= 0.3 is 0 Å². The maximum Gasteiger partial charge on any atom is 0.123 e. The van der Waals surface area contributed by atoms with Crippen LogP contribution >= 0.6 is 0 Å². The zero-order chi connectivity index (χ0) is 10.3. The number of aliphatic hydroxyl groups is 1. The molecule has 0 aromatic heterocycles. The summed E-state index contributed by atoms with van der Waals surface area (Å²) in [5, 5.41) is 28.5. The van der Waals surface area contributed by atoms with Gasteiger partial charge in [-0.2, -0.15) is 0 Å². The van der Waals surface area contributed by atoms with Crippen LogP contribution in [0.5, 0.6) is 11.5 Å². The van der Waals surface area contributed by atoms with Gasteiger partial charge in [-0.1, -0.05) is 6.92 Å². The van der Waals surface area contributed by atoms with Gasteiger partial charge in [0.1, 0.15) is 11.5 Å². The smallest absolute Gasteiger partial charge is 0.123 e. The Morgan fingerprint density at radius 1 is 1.29 bits per heavy atom. The quantitative estimate of drug-likeness (QED) is 0.586. The molecule has 0 radical (unpaired) electrons. The first-order chi connectivity index (χ1) is 6.58. The lowest BCUT2D eigenvalue weighted by Crippen LogP contribution is -2.21. The van der Waals surface area contributed by atoms with Gasteiger partial charge in [0.2, 0.25) is 0 Å². The minimum absolute atomic E-state index is 0.0579. The summed E-state index contributed by atoms with van der Waals surface area (Å²) in [5.41, 5.74) is 1.72. The van der Waals surface area contributed by atoms with E-state index in [0.717, 1.165) is 11.1 Å². The number of aromatic hydroxyl groups is 2. The number of phenolic OH excluding ortho intramolecular Hbond substituents is 2. The molecule has 2 rings (SSSR count). The molecule has 1 aromatic rings. The molecule has 0 fully saturated rings. The molecule has 1 aromatic carbocycles. The lowest BCUT2D eigenvalue weighted by atomic mass is 9.82. The summed E-state index contributed by atoms with van der Waals surface area (Å²) < 4.78 is 0. The molecule has 3 nitrogen and oxygen atoms in total. The van der Waals surface area contributed by atoms with Crippen LogP contribution in [0.3, 0.4) is 0 Å². The van der Waals surface area contributed by atoms with Crippen LogP contribution in [0.1, 0.15) is 30.4 Å². The Morgan fingerprint density at radius 2 is 2.00 bits per heavy atom. The van der Waals surface area contributed by atoms with Crippen LogP contribution in [0.15, 0.2) is 12.1 Å². The summed E-state index contributed by atoms with van der Waals surface area (Å²) >= 11 is 0. The molecule has 0 spiro atoms. The molecule has 0 unspecified atom stereocenters. The van der Waals surface area contributed by atoms with E-state index in [9.17, 15) is 15.3 Å². The van der Waals surface area contributed by atoms with Gasteiger partial charge in [0, 0.05) is 11.6 Å². The van der Waals surface area contributed by atoms with Gasteiger partial charge in [0.25, 0.3) is 0 Å². The zero-order valence-corrected chi connectivity index (χ0v) is 8.07. The predicted molar refractivity (Wildman–Crippen MR) is 52.5 cm³/mol. The molecule has 0 bridgehead atoms. The molecular formula is C11H14O3. The van der Waals surface area contributed by atoms with Crippen molar-refractivity contribution in [2.45, 2.75) is 31.8 Å². The largest absolute Gasteiger partial charge is 0.508 e. The second kappa shape index (κ2) is 3.17. The maximum absolute atomic E-state index is 9.65. The van der Waals surface area contributed by atoms with Crippen molar-refractivity contribution in [3.05, 3.63) is 23.3 Å². The number of phenols is 2. The van der Waals surface area contributed by atoms with Crippen molar-refractivity contribution in [1.82, 2.24) is 0 Å². The minimum Gasteiger partial charge on any atom is -0.508 e. The second-order valence-electron chi connectivity index (χ2n) is 4.03. The first-order valence-corrected chi connectivity index (χ1v) is 4.80. The molecule has 1 aliphatic rings. The van der Waals surface area contributed by atoms with Gasteiger partial charge in [0.05, 0.1) is 6.10 Å². The van der Waals surface area contributed by atoms with Crippen LogP contribution in [0, 0.1) is 0 Å². The molecule has 0 saturated heterocycles. The molecule has 1 aliphatic carbocycles. The van der Waals surface area contributed by atoms with Gasteiger partial charge in [-0.05, 0) is 30.4 Å². The van der Waals surface area contributed by atoms with E-state index in [-0.39, 0.29) is 23.5 Å². The molecule has 0 amide bonds. The van der Waals surface area contributed by atoms with Crippen molar-refractivity contribution < 1.29 is 15.3 Å². The summed E-state index contributed by atoms with van der Waals surface area (Å²) in [6, 6.07) is 2.97. The number of aliphatic hydroxyl groups excluding tert-OH is 1. The Labute approximate surface area is 82.6 Å². The number of benzene rings is 1. The van der Waals surface area contributed by atoms with E-state index in [1.54, 1.807) is 6.07 Å². The average Bonchev–Trinajstić information content (AvgIpc) is 1.99. The minimum atomic E-state index is -0.362. The molecule has 2 atom stereocenters. The van der Waals surface area contributed by atoms with Crippen molar-refractivity contribution in [3.63, 3.8) is 0 Å². The highest BCUT2D eigenvalue weighted by atomic mass is 16.3. The SMILES string of the molecule is C[C@H]1C[C@@H](O)Cc2cc(O)cc(O)c21. The van der Waals surface area contributed by atoms with E-state index in [2.05, 4.69) is 0 Å².